The molecule has 1 aliphatic rings. The Bertz CT molecular complexity index is 270. The third-order valence-corrected chi connectivity index (χ3v) is 1.87. The average molecular weight is 137 g/mol. The van der Waals surface area contributed by atoms with Gasteiger partial charge >= 0.3 is 0 Å². The molecule has 0 fully saturated rings. The summed E-state index contributed by atoms with van der Waals surface area (Å²) in [6.45, 7) is 2.02. The molecule has 0 aromatic heterocycles. The average Bonchev–Trinajstić information content (AvgIpc) is 1.91. The molecule has 0 amide bonds. The van der Waals surface area contributed by atoms with E-state index in [1.165, 1.54) is 6.07 Å². The molecule has 2 rings (SSSR count). The van der Waals surface area contributed by atoms with Gasteiger partial charge in [-0.2, -0.15) is 0 Å². The van der Waals surface area contributed by atoms with Crippen LogP contribution in [0.2, 0.25) is 0 Å². The molecular weight excluding hydrogens is 129 g/mol. The number of para-hydroxylation sites is 1. The Labute approximate surface area is 58.9 Å². The fourth-order valence-electron chi connectivity index (χ4n) is 1.27. The van der Waals surface area contributed by atoms with E-state index in [0.29, 0.717) is 11.7 Å². The zero-order chi connectivity index (χ0) is 7.14. The molecule has 1 nitrogen and oxygen atoms in total. The highest BCUT2D eigenvalue weighted by molar-refractivity contribution is 5.63. The summed E-state index contributed by atoms with van der Waals surface area (Å²) in [5.41, 5.74) is 1.76. The van der Waals surface area contributed by atoms with Crippen molar-refractivity contribution in [3.05, 3.63) is 29.6 Å². The van der Waals surface area contributed by atoms with Gasteiger partial charge in [-0.3, -0.25) is 0 Å². The number of hydrogen-bond donors (Lipinski definition) is 1. The van der Waals surface area contributed by atoms with Crippen LogP contribution in [0.5, 0.6) is 0 Å². The number of halogens is 1. The molecule has 0 spiro atoms. The first kappa shape index (κ1) is 5.71. The maximum absolute atomic E-state index is 12.7. The Balaban J connectivity index is 2.56. The molecule has 2 heteroatoms. The lowest BCUT2D eigenvalue weighted by Gasteiger charge is -2.29. The van der Waals surface area contributed by atoms with Crippen LogP contribution in [-0.4, -0.2) is 0 Å². The Morgan fingerprint density at radius 2 is 2.30 bits per heavy atom. The van der Waals surface area contributed by atoms with Gasteiger partial charge in [0.15, 0.2) is 0 Å². The second kappa shape index (κ2) is 1.72. The minimum Gasteiger partial charge on any atom is -0.376 e. The summed E-state index contributed by atoms with van der Waals surface area (Å²) < 4.78 is 12.7. The van der Waals surface area contributed by atoms with Gasteiger partial charge in [0, 0.05) is 5.56 Å². The first-order valence-electron chi connectivity index (χ1n) is 3.34. The second-order valence-corrected chi connectivity index (χ2v) is 2.57. The van der Waals surface area contributed by atoms with E-state index in [-0.39, 0.29) is 5.82 Å². The van der Waals surface area contributed by atoms with Crippen molar-refractivity contribution < 1.29 is 4.39 Å². The summed E-state index contributed by atoms with van der Waals surface area (Å²) in [6, 6.07) is 5.48. The highest BCUT2D eigenvalue weighted by Crippen LogP contribution is 2.36. The van der Waals surface area contributed by atoms with Gasteiger partial charge < -0.3 is 5.32 Å². The SMILES string of the molecule is CC1Nc2c(F)cccc21. The van der Waals surface area contributed by atoms with Crippen LogP contribution in [0.1, 0.15) is 18.5 Å². The lowest BCUT2D eigenvalue weighted by atomic mass is 9.98. The van der Waals surface area contributed by atoms with Crippen molar-refractivity contribution in [3.8, 4) is 0 Å². The number of nitrogens with one attached hydrogen (secondary N) is 1. The van der Waals surface area contributed by atoms with E-state index in [9.17, 15) is 4.39 Å². The van der Waals surface area contributed by atoms with Crippen molar-refractivity contribution in [2.45, 2.75) is 13.0 Å². The lowest BCUT2D eigenvalue weighted by Crippen LogP contribution is -2.20. The number of benzene rings is 1. The van der Waals surface area contributed by atoms with Gasteiger partial charge in [-0.1, -0.05) is 12.1 Å². The summed E-state index contributed by atoms with van der Waals surface area (Å²) in [5.74, 6) is -0.143. The van der Waals surface area contributed by atoms with Gasteiger partial charge in [-0.05, 0) is 13.0 Å². The van der Waals surface area contributed by atoms with Crippen molar-refractivity contribution in [1.82, 2.24) is 0 Å². The maximum Gasteiger partial charge on any atom is 0.146 e. The standard InChI is InChI=1S/C8H8FN/c1-5-6-3-2-4-7(9)8(6)10-5/h2-5,10H,1H3. The van der Waals surface area contributed by atoms with Crippen LogP contribution in [0.3, 0.4) is 0 Å². The van der Waals surface area contributed by atoms with Gasteiger partial charge in [0.1, 0.15) is 5.82 Å². The van der Waals surface area contributed by atoms with Gasteiger partial charge in [-0.25, -0.2) is 4.39 Å². The van der Waals surface area contributed by atoms with E-state index in [0.717, 1.165) is 5.56 Å². The van der Waals surface area contributed by atoms with Crippen LogP contribution in [0.25, 0.3) is 0 Å². The molecule has 0 radical (unpaired) electrons. The minimum absolute atomic E-state index is 0.143. The molecule has 0 aliphatic carbocycles. The van der Waals surface area contributed by atoms with Crippen molar-refractivity contribution in [1.29, 1.82) is 0 Å². The zero-order valence-corrected chi connectivity index (χ0v) is 5.69. The molecule has 1 aromatic rings. The first-order valence-corrected chi connectivity index (χ1v) is 3.34. The minimum atomic E-state index is -0.143. The third kappa shape index (κ3) is 0.561. The quantitative estimate of drug-likeness (QED) is 0.578. The lowest BCUT2D eigenvalue weighted by molar-refractivity contribution is 0.613. The number of rotatable bonds is 0. The molecule has 0 saturated carbocycles. The summed E-state index contributed by atoms with van der Waals surface area (Å²) in [4.78, 5) is 0. The normalized spacial score (nSPS) is 20.8. The second-order valence-electron chi connectivity index (χ2n) is 2.57. The van der Waals surface area contributed by atoms with Crippen LogP contribution >= 0.6 is 0 Å². The molecule has 52 valence electrons. The highest BCUT2D eigenvalue weighted by atomic mass is 19.1. The molecule has 1 aromatic carbocycles. The molecular formula is C8H8FN. The highest BCUT2D eigenvalue weighted by Gasteiger charge is 2.23. The Hall–Kier alpha value is -1.05. The number of anilines is 1. The van der Waals surface area contributed by atoms with Crippen LogP contribution < -0.4 is 5.32 Å². The van der Waals surface area contributed by atoms with Crippen molar-refractivity contribution in [2.24, 2.45) is 0 Å². The Morgan fingerprint density at radius 1 is 1.50 bits per heavy atom. The predicted octanol–water partition coefficient (Wildman–Crippen LogP) is 2.31. The van der Waals surface area contributed by atoms with E-state index in [1.807, 2.05) is 13.0 Å². The summed E-state index contributed by atoms with van der Waals surface area (Å²) in [7, 11) is 0. The molecule has 10 heavy (non-hydrogen) atoms. The summed E-state index contributed by atoms with van der Waals surface area (Å²) in [5, 5.41) is 2.98. The molecule has 1 aliphatic heterocycles. The molecule has 0 bridgehead atoms. The Kier molecular flexibility index (Phi) is 0.982. The van der Waals surface area contributed by atoms with Crippen molar-refractivity contribution in [2.75, 3.05) is 5.32 Å². The van der Waals surface area contributed by atoms with E-state index in [2.05, 4.69) is 5.32 Å². The fraction of sp³-hybridized carbons (Fsp3) is 0.250. The van der Waals surface area contributed by atoms with Gasteiger partial charge in [-0.15, -0.1) is 0 Å². The van der Waals surface area contributed by atoms with Crippen LogP contribution in [0, 0.1) is 5.82 Å². The maximum atomic E-state index is 12.7. The molecule has 1 atom stereocenters. The van der Waals surface area contributed by atoms with Crippen LogP contribution in [0.4, 0.5) is 10.1 Å². The zero-order valence-electron chi connectivity index (χ0n) is 5.69. The fourth-order valence-corrected chi connectivity index (χ4v) is 1.27. The smallest absolute Gasteiger partial charge is 0.146 e. The van der Waals surface area contributed by atoms with Crippen LogP contribution in [0.15, 0.2) is 18.2 Å². The van der Waals surface area contributed by atoms with Gasteiger partial charge in [0.25, 0.3) is 0 Å². The monoisotopic (exact) mass is 137 g/mol. The molecule has 1 heterocycles. The van der Waals surface area contributed by atoms with E-state index < -0.39 is 0 Å². The molecule has 0 saturated heterocycles. The molecule has 1 unspecified atom stereocenters. The number of hydrogen-bond acceptors (Lipinski definition) is 1. The first-order chi connectivity index (χ1) is 4.79. The van der Waals surface area contributed by atoms with E-state index in [1.54, 1.807) is 6.07 Å². The van der Waals surface area contributed by atoms with Gasteiger partial charge in [0.2, 0.25) is 0 Å². The predicted molar refractivity (Wildman–Crippen MR) is 38.4 cm³/mol. The summed E-state index contributed by atoms with van der Waals surface area (Å²) in [6.07, 6.45) is 0. The van der Waals surface area contributed by atoms with Crippen LogP contribution in [-0.2, 0) is 0 Å². The topological polar surface area (TPSA) is 12.0 Å². The third-order valence-electron chi connectivity index (χ3n) is 1.87. The van der Waals surface area contributed by atoms with Gasteiger partial charge in [0.05, 0.1) is 11.7 Å². The van der Waals surface area contributed by atoms with Crippen molar-refractivity contribution >= 4 is 5.69 Å². The largest absolute Gasteiger partial charge is 0.376 e. The van der Waals surface area contributed by atoms with E-state index in [4.69, 9.17) is 0 Å². The molecule has 1 N–H and O–H groups in total. The van der Waals surface area contributed by atoms with Crippen molar-refractivity contribution in [3.63, 3.8) is 0 Å². The summed E-state index contributed by atoms with van der Waals surface area (Å²) >= 11 is 0. The van der Waals surface area contributed by atoms with E-state index >= 15 is 0 Å². The Morgan fingerprint density at radius 3 is 2.90 bits per heavy atom. The number of fused-ring (bicyclic) bond motifs is 1.